The van der Waals surface area contributed by atoms with E-state index in [1.165, 1.54) is 25.3 Å². The molecule has 2 aromatic carbocycles. The van der Waals surface area contributed by atoms with Gasteiger partial charge in [-0.2, -0.15) is 0 Å². The van der Waals surface area contributed by atoms with Gasteiger partial charge in [0, 0.05) is 10.2 Å². The summed E-state index contributed by atoms with van der Waals surface area (Å²) in [6.07, 6.45) is 0. The fourth-order valence-electron chi connectivity index (χ4n) is 1.69. The number of nitrogen functional groups attached to an aromatic ring is 1. The minimum Gasteiger partial charge on any atom is -0.465 e. The average Bonchev–Trinajstić information content (AvgIpc) is 2.43. The normalized spacial score (nSPS) is 10.2. The SMILES string of the molecule is COC(=O)c1cc(N)ccc1Nc1cc(F)ccc1Br. The molecular formula is C14H12BrFN2O2. The second kappa shape index (κ2) is 5.92. The molecule has 3 N–H and O–H groups in total. The molecule has 0 heterocycles. The summed E-state index contributed by atoms with van der Waals surface area (Å²) in [6.45, 7) is 0. The molecule has 0 aliphatic heterocycles. The zero-order chi connectivity index (χ0) is 14.7. The van der Waals surface area contributed by atoms with Gasteiger partial charge in [0.25, 0.3) is 0 Å². The van der Waals surface area contributed by atoms with Crippen molar-refractivity contribution in [1.29, 1.82) is 0 Å². The molecule has 0 bridgehead atoms. The summed E-state index contributed by atoms with van der Waals surface area (Å²) in [5.74, 6) is -0.905. The van der Waals surface area contributed by atoms with Gasteiger partial charge in [0.1, 0.15) is 5.82 Å². The highest BCUT2D eigenvalue weighted by atomic mass is 79.9. The molecule has 0 saturated carbocycles. The van der Waals surface area contributed by atoms with Gasteiger partial charge in [-0.25, -0.2) is 9.18 Å². The summed E-state index contributed by atoms with van der Waals surface area (Å²) in [5.41, 5.74) is 7.37. The van der Waals surface area contributed by atoms with Crippen LogP contribution >= 0.6 is 15.9 Å². The number of rotatable bonds is 3. The lowest BCUT2D eigenvalue weighted by Crippen LogP contribution is -2.07. The zero-order valence-electron chi connectivity index (χ0n) is 10.6. The fourth-order valence-corrected chi connectivity index (χ4v) is 2.03. The van der Waals surface area contributed by atoms with E-state index in [4.69, 9.17) is 10.5 Å². The Morgan fingerprint density at radius 1 is 1.25 bits per heavy atom. The first-order valence-electron chi connectivity index (χ1n) is 5.71. The molecule has 20 heavy (non-hydrogen) atoms. The fraction of sp³-hybridized carbons (Fsp3) is 0.0714. The number of carbonyl (C=O) groups is 1. The Balaban J connectivity index is 2.43. The highest BCUT2D eigenvalue weighted by Crippen LogP contribution is 2.29. The van der Waals surface area contributed by atoms with E-state index in [1.54, 1.807) is 18.2 Å². The maximum absolute atomic E-state index is 13.3. The monoisotopic (exact) mass is 338 g/mol. The third-order valence-corrected chi connectivity index (χ3v) is 3.34. The number of methoxy groups -OCH3 is 1. The number of hydrogen-bond donors (Lipinski definition) is 2. The lowest BCUT2D eigenvalue weighted by Gasteiger charge is -2.13. The molecule has 0 amide bonds. The quantitative estimate of drug-likeness (QED) is 0.661. The van der Waals surface area contributed by atoms with Crippen LogP contribution < -0.4 is 11.1 Å². The van der Waals surface area contributed by atoms with Gasteiger partial charge < -0.3 is 15.8 Å². The second-order valence-corrected chi connectivity index (χ2v) is 4.90. The Labute approximate surface area is 123 Å². The summed E-state index contributed by atoms with van der Waals surface area (Å²) < 4.78 is 18.6. The van der Waals surface area contributed by atoms with E-state index >= 15 is 0 Å². The van der Waals surface area contributed by atoms with Crippen LogP contribution in [0.3, 0.4) is 0 Å². The van der Waals surface area contributed by atoms with Crippen LogP contribution in [0.2, 0.25) is 0 Å². The summed E-state index contributed by atoms with van der Waals surface area (Å²) in [7, 11) is 1.29. The van der Waals surface area contributed by atoms with Gasteiger partial charge >= 0.3 is 5.97 Å². The Kier molecular flexibility index (Phi) is 4.24. The van der Waals surface area contributed by atoms with Gasteiger partial charge in [0.2, 0.25) is 0 Å². The Bertz CT molecular complexity index is 662. The molecule has 2 rings (SSSR count). The molecule has 0 unspecified atom stereocenters. The summed E-state index contributed by atoms with van der Waals surface area (Å²) in [6, 6.07) is 9.01. The van der Waals surface area contributed by atoms with E-state index in [9.17, 15) is 9.18 Å². The number of esters is 1. The number of carbonyl (C=O) groups excluding carboxylic acids is 1. The third-order valence-electron chi connectivity index (χ3n) is 2.65. The Hall–Kier alpha value is -2.08. The van der Waals surface area contributed by atoms with Gasteiger partial charge in [0.05, 0.1) is 24.0 Å². The van der Waals surface area contributed by atoms with Crippen molar-refractivity contribution in [3.63, 3.8) is 0 Å². The molecule has 0 aromatic heterocycles. The van der Waals surface area contributed by atoms with E-state index in [0.29, 0.717) is 21.5 Å². The van der Waals surface area contributed by atoms with Crippen LogP contribution in [0.1, 0.15) is 10.4 Å². The topological polar surface area (TPSA) is 64.3 Å². The first-order chi connectivity index (χ1) is 9.51. The zero-order valence-corrected chi connectivity index (χ0v) is 12.2. The molecule has 2 aromatic rings. The molecule has 0 spiro atoms. The predicted molar refractivity (Wildman–Crippen MR) is 79.6 cm³/mol. The third kappa shape index (κ3) is 3.08. The van der Waals surface area contributed by atoms with Crippen molar-refractivity contribution in [3.05, 3.63) is 52.3 Å². The molecule has 0 aliphatic carbocycles. The summed E-state index contributed by atoms with van der Waals surface area (Å²) in [4.78, 5) is 11.7. The molecular weight excluding hydrogens is 327 g/mol. The van der Waals surface area contributed by atoms with Crippen LogP contribution in [0.25, 0.3) is 0 Å². The van der Waals surface area contributed by atoms with Crippen molar-refractivity contribution < 1.29 is 13.9 Å². The van der Waals surface area contributed by atoms with Gasteiger partial charge in [-0.1, -0.05) is 0 Å². The minimum absolute atomic E-state index is 0.281. The lowest BCUT2D eigenvalue weighted by atomic mass is 10.1. The van der Waals surface area contributed by atoms with Crippen LogP contribution in [-0.2, 0) is 4.74 Å². The highest BCUT2D eigenvalue weighted by Gasteiger charge is 2.13. The Morgan fingerprint density at radius 2 is 2.00 bits per heavy atom. The van der Waals surface area contributed by atoms with Crippen molar-refractivity contribution in [2.75, 3.05) is 18.2 Å². The number of benzene rings is 2. The average molecular weight is 339 g/mol. The molecule has 104 valence electrons. The minimum atomic E-state index is -0.521. The molecule has 0 aliphatic rings. The molecule has 0 saturated heterocycles. The maximum atomic E-state index is 13.3. The van der Waals surface area contributed by atoms with Crippen molar-refractivity contribution in [2.24, 2.45) is 0 Å². The van der Waals surface area contributed by atoms with E-state index in [-0.39, 0.29) is 11.4 Å². The largest absolute Gasteiger partial charge is 0.465 e. The summed E-state index contributed by atoms with van der Waals surface area (Å²) in [5, 5.41) is 2.98. The van der Waals surface area contributed by atoms with Crippen LogP contribution in [0.5, 0.6) is 0 Å². The lowest BCUT2D eigenvalue weighted by molar-refractivity contribution is 0.0602. The molecule has 0 fully saturated rings. The number of hydrogen-bond acceptors (Lipinski definition) is 4. The first-order valence-corrected chi connectivity index (χ1v) is 6.50. The maximum Gasteiger partial charge on any atom is 0.340 e. The standard InChI is InChI=1S/C14H12BrFN2O2/c1-20-14(19)10-7-9(17)3-5-12(10)18-13-6-8(16)2-4-11(13)15/h2-7,18H,17H2,1H3. The molecule has 0 atom stereocenters. The first kappa shape index (κ1) is 14.3. The number of anilines is 3. The van der Waals surface area contributed by atoms with Gasteiger partial charge in [-0.3, -0.25) is 0 Å². The predicted octanol–water partition coefficient (Wildman–Crippen LogP) is 3.70. The summed E-state index contributed by atoms with van der Waals surface area (Å²) >= 11 is 3.31. The van der Waals surface area contributed by atoms with Gasteiger partial charge in [-0.15, -0.1) is 0 Å². The molecule has 0 radical (unpaired) electrons. The van der Waals surface area contributed by atoms with Crippen LogP contribution in [0.15, 0.2) is 40.9 Å². The van der Waals surface area contributed by atoms with Gasteiger partial charge in [0.15, 0.2) is 0 Å². The van der Waals surface area contributed by atoms with Crippen molar-refractivity contribution in [1.82, 2.24) is 0 Å². The van der Waals surface area contributed by atoms with E-state index < -0.39 is 5.97 Å². The van der Waals surface area contributed by atoms with E-state index in [2.05, 4.69) is 21.2 Å². The van der Waals surface area contributed by atoms with Gasteiger partial charge in [-0.05, 0) is 52.3 Å². The van der Waals surface area contributed by atoms with Crippen LogP contribution in [-0.4, -0.2) is 13.1 Å². The van der Waals surface area contributed by atoms with E-state index in [1.807, 2.05) is 0 Å². The Morgan fingerprint density at radius 3 is 2.70 bits per heavy atom. The second-order valence-electron chi connectivity index (χ2n) is 4.05. The number of halogens is 2. The van der Waals surface area contributed by atoms with Crippen molar-refractivity contribution >= 4 is 39.0 Å². The highest BCUT2D eigenvalue weighted by molar-refractivity contribution is 9.10. The van der Waals surface area contributed by atoms with E-state index in [0.717, 1.165) is 0 Å². The van der Waals surface area contributed by atoms with Crippen molar-refractivity contribution in [2.45, 2.75) is 0 Å². The van der Waals surface area contributed by atoms with Crippen LogP contribution in [0, 0.1) is 5.82 Å². The number of nitrogens with two attached hydrogens (primary N) is 1. The van der Waals surface area contributed by atoms with Crippen LogP contribution in [0.4, 0.5) is 21.5 Å². The molecule has 6 heteroatoms. The molecule has 4 nitrogen and oxygen atoms in total. The smallest absolute Gasteiger partial charge is 0.340 e. The number of ether oxygens (including phenoxy) is 1. The number of nitrogens with one attached hydrogen (secondary N) is 1. The van der Waals surface area contributed by atoms with Crippen molar-refractivity contribution in [3.8, 4) is 0 Å².